The molecule has 1 unspecified atom stereocenters. The molecule has 1 aromatic carbocycles. The van der Waals surface area contributed by atoms with E-state index in [0.717, 1.165) is 35.1 Å². The van der Waals surface area contributed by atoms with Gasteiger partial charge in [0, 0.05) is 29.3 Å². The number of fused-ring (bicyclic) bond motifs is 1. The normalized spacial score (nSPS) is 12.9. The number of hydrazine groups is 1. The van der Waals surface area contributed by atoms with Gasteiger partial charge in [-0.3, -0.25) is 10.5 Å². The van der Waals surface area contributed by atoms with E-state index in [4.69, 9.17) is 10.3 Å². The van der Waals surface area contributed by atoms with E-state index in [9.17, 15) is 0 Å². The van der Waals surface area contributed by atoms with Crippen LogP contribution in [-0.4, -0.2) is 9.78 Å². The molecular formula is C15H18N4O. The second kappa shape index (κ2) is 5.48. The largest absolute Gasteiger partial charge is 0.464 e. The third-order valence-corrected chi connectivity index (χ3v) is 3.43. The number of aromatic nitrogens is 2. The van der Waals surface area contributed by atoms with Crippen LogP contribution in [0.25, 0.3) is 11.0 Å². The maximum atomic E-state index is 5.74. The highest BCUT2D eigenvalue weighted by Crippen LogP contribution is 2.29. The maximum Gasteiger partial charge on any atom is 0.134 e. The van der Waals surface area contributed by atoms with Gasteiger partial charge in [-0.15, -0.1) is 0 Å². The van der Waals surface area contributed by atoms with E-state index in [2.05, 4.69) is 17.4 Å². The van der Waals surface area contributed by atoms with E-state index in [0.29, 0.717) is 0 Å². The molecule has 0 saturated heterocycles. The van der Waals surface area contributed by atoms with Crippen LogP contribution in [0.1, 0.15) is 30.5 Å². The summed E-state index contributed by atoms with van der Waals surface area (Å²) in [7, 11) is 0. The van der Waals surface area contributed by atoms with Gasteiger partial charge in [-0.05, 0) is 12.5 Å². The van der Waals surface area contributed by atoms with Crippen molar-refractivity contribution in [3.63, 3.8) is 0 Å². The number of furan rings is 1. The van der Waals surface area contributed by atoms with Crippen molar-refractivity contribution in [1.82, 2.24) is 15.2 Å². The molecule has 5 nitrogen and oxygen atoms in total. The molecule has 3 rings (SSSR count). The lowest BCUT2D eigenvalue weighted by molar-refractivity contribution is 0.582. The van der Waals surface area contributed by atoms with E-state index in [1.54, 1.807) is 6.26 Å². The van der Waals surface area contributed by atoms with Gasteiger partial charge >= 0.3 is 0 Å². The Kier molecular flexibility index (Phi) is 3.54. The minimum Gasteiger partial charge on any atom is -0.464 e. The Morgan fingerprint density at radius 3 is 3.05 bits per heavy atom. The monoisotopic (exact) mass is 270 g/mol. The van der Waals surface area contributed by atoms with Gasteiger partial charge in [-0.25, -0.2) is 5.43 Å². The van der Waals surface area contributed by atoms with Gasteiger partial charge in [0.15, 0.2) is 0 Å². The van der Waals surface area contributed by atoms with Crippen LogP contribution in [0.3, 0.4) is 0 Å². The Morgan fingerprint density at radius 1 is 1.40 bits per heavy atom. The second-order valence-corrected chi connectivity index (χ2v) is 4.82. The molecule has 0 spiro atoms. The highest BCUT2D eigenvalue weighted by atomic mass is 16.3. The Bertz CT molecular complexity index is 701. The highest BCUT2D eigenvalue weighted by Gasteiger charge is 2.19. The van der Waals surface area contributed by atoms with Crippen LogP contribution in [0.4, 0.5) is 0 Å². The summed E-state index contributed by atoms with van der Waals surface area (Å²) < 4.78 is 7.52. The zero-order chi connectivity index (χ0) is 13.9. The molecule has 0 radical (unpaired) electrons. The Labute approximate surface area is 117 Å². The molecular weight excluding hydrogens is 252 g/mol. The second-order valence-electron chi connectivity index (χ2n) is 4.82. The van der Waals surface area contributed by atoms with Crippen LogP contribution in [0.5, 0.6) is 0 Å². The fourth-order valence-corrected chi connectivity index (χ4v) is 2.47. The Hall–Kier alpha value is -2.11. The van der Waals surface area contributed by atoms with Crippen molar-refractivity contribution in [2.45, 2.75) is 25.9 Å². The van der Waals surface area contributed by atoms with Gasteiger partial charge in [0.25, 0.3) is 0 Å². The van der Waals surface area contributed by atoms with Gasteiger partial charge in [0.05, 0.1) is 18.5 Å². The molecule has 104 valence electrons. The molecule has 3 aromatic rings. The van der Waals surface area contributed by atoms with Gasteiger partial charge in [-0.1, -0.05) is 25.1 Å². The molecule has 1 atom stereocenters. The summed E-state index contributed by atoms with van der Waals surface area (Å²) in [5, 5.41) is 5.42. The number of nitrogens with zero attached hydrogens (tertiary/aromatic N) is 2. The number of rotatable bonds is 5. The smallest absolute Gasteiger partial charge is 0.134 e. The zero-order valence-electron chi connectivity index (χ0n) is 11.4. The number of hydrogen-bond acceptors (Lipinski definition) is 4. The first-order valence-electron chi connectivity index (χ1n) is 6.78. The van der Waals surface area contributed by atoms with Crippen LogP contribution in [0.15, 0.2) is 47.3 Å². The number of nitrogens with two attached hydrogens (primary N) is 1. The van der Waals surface area contributed by atoms with Gasteiger partial charge < -0.3 is 4.42 Å². The fourth-order valence-electron chi connectivity index (χ4n) is 2.47. The Balaban J connectivity index is 2.00. The molecule has 0 aliphatic heterocycles. The van der Waals surface area contributed by atoms with Crippen LogP contribution < -0.4 is 11.3 Å². The molecule has 0 saturated carbocycles. The number of hydrogen-bond donors (Lipinski definition) is 2. The van der Waals surface area contributed by atoms with Gasteiger partial charge in [0.2, 0.25) is 0 Å². The van der Waals surface area contributed by atoms with Crippen molar-refractivity contribution in [3.8, 4) is 0 Å². The summed E-state index contributed by atoms with van der Waals surface area (Å²) in [4.78, 5) is 0. The minimum absolute atomic E-state index is 0.121. The predicted octanol–water partition coefficient (Wildman–Crippen LogP) is 2.59. The summed E-state index contributed by atoms with van der Waals surface area (Å²) in [6.45, 7) is 3.03. The summed E-state index contributed by atoms with van der Waals surface area (Å²) in [5.41, 5.74) is 5.78. The third-order valence-electron chi connectivity index (χ3n) is 3.43. The van der Waals surface area contributed by atoms with Crippen LogP contribution >= 0.6 is 0 Å². The highest BCUT2D eigenvalue weighted by molar-refractivity contribution is 5.81. The minimum atomic E-state index is -0.121. The molecule has 3 N–H and O–H groups in total. The summed E-state index contributed by atoms with van der Waals surface area (Å²) >= 11 is 0. The average Bonchev–Trinajstić information content (AvgIpc) is 3.09. The van der Waals surface area contributed by atoms with Crippen LogP contribution in [0.2, 0.25) is 0 Å². The molecule has 2 heterocycles. The molecule has 2 aromatic heterocycles. The van der Waals surface area contributed by atoms with Crippen molar-refractivity contribution >= 4 is 11.0 Å². The standard InChI is InChI=1S/C15H18N4O/c1-2-7-19-9-11(8-17-19)15(18-16)13-10-20-14-6-4-3-5-12(13)14/h3-6,8-10,15,18H,2,7,16H2,1H3. The van der Waals surface area contributed by atoms with Crippen LogP contribution in [-0.2, 0) is 6.54 Å². The average molecular weight is 270 g/mol. The Morgan fingerprint density at radius 2 is 2.25 bits per heavy atom. The fraction of sp³-hybridized carbons (Fsp3) is 0.267. The summed E-state index contributed by atoms with van der Waals surface area (Å²) in [5.74, 6) is 5.74. The van der Waals surface area contributed by atoms with E-state index in [1.807, 2.05) is 41.3 Å². The van der Waals surface area contributed by atoms with E-state index in [1.165, 1.54) is 0 Å². The van der Waals surface area contributed by atoms with Crippen molar-refractivity contribution in [2.75, 3.05) is 0 Å². The summed E-state index contributed by atoms with van der Waals surface area (Å²) in [6, 6.07) is 7.82. The summed E-state index contributed by atoms with van der Waals surface area (Å²) in [6.07, 6.45) is 6.68. The van der Waals surface area contributed by atoms with Crippen molar-refractivity contribution in [3.05, 3.63) is 54.0 Å². The topological polar surface area (TPSA) is 69.0 Å². The van der Waals surface area contributed by atoms with Crippen molar-refractivity contribution < 1.29 is 4.42 Å². The zero-order valence-corrected chi connectivity index (χ0v) is 11.4. The van der Waals surface area contributed by atoms with Crippen LogP contribution in [0, 0.1) is 0 Å². The van der Waals surface area contributed by atoms with Gasteiger partial charge in [0.1, 0.15) is 5.58 Å². The number of benzene rings is 1. The maximum absolute atomic E-state index is 5.74. The lowest BCUT2D eigenvalue weighted by Gasteiger charge is -2.12. The number of aryl methyl sites for hydroxylation is 1. The lowest BCUT2D eigenvalue weighted by atomic mass is 10.0. The van der Waals surface area contributed by atoms with E-state index < -0.39 is 0 Å². The first kappa shape index (κ1) is 12.9. The van der Waals surface area contributed by atoms with Gasteiger partial charge in [-0.2, -0.15) is 5.10 Å². The quantitative estimate of drug-likeness (QED) is 0.552. The third kappa shape index (κ3) is 2.21. The predicted molar refractivity (Wildman–Crippen MR) is 77.9 cm³/mol. The molecule has 0 fully saturated rings. The molecule has 0 amide bonds. The molecule has 20 heavy (non-hydrogen) atoms. The van der Waals surface area contributed by atoms with Crippen molar-refractivity contribution in [2.24, 2.45) is 5.84 Å². The molecule has 0 bridgehead atoms. The first-order valence-corrected chi connectivity index (χ1v) is 6.78. The number of para-hydroxylation sites is 1. The lowest BCUT2D eigenvalue weighted by Crippen LogP contribution is -2.28. The van der Waals surface area contributed by atoms with Crippen molar-refractivity contribution in [1.29, 1.82) is 0 Å². The van der Waals surface area contributed by atoms with E-state index >= 15 is 0 Å². The molecule has 5 heteroatoms. The van der Waals surface area contributed by atoms with E-state index in [-0.39, 0.29) is 6.04 Å². The number of nitrogens with one attached hydrogen (secondary N) is 1. The first-order chi connectivity index (χ1) is 9.83. The molecule has 0 aliphatic carbocycles. The SMILES string of the molecule is CCCn1cc(C(NN)c2coc3ccccc23)cn1. The molecule has 0 aliphatic rings.